The SMILES string of the molecule is CCCCOC(=O)c1ccccc1C(=O)OCCC(C)CCOC. The Labute approximate surface area is 144 Å². The Bertz CT molecular complexity index is 512. The molecule has 0 aromatic heterocycles. The number of carbonyl (C=O) groups is 2. The average molecular weight is 336 g/mol. The van der Waals surface area contributed by atoms with Crippen LogP contribution in [0.4, 0.5) is 0 Å². The van der Waals surface area contributed by atoms with Crippen molar-refractivity contribution in [1.82, 2.24) is 0 Å². The standard InChI is InChI=1S/C19H28O5/c1-4-5-12-23-18(20)16-8-6-7-9-17(16)19(21)24-14-11-15(2)10-13-22-3/h6-9,15H,4-5,10-14H2,1-3H3. The second-order valence-corrected chi connectivity index (χ2v) is 5.85. The summed E-state index contributed by atoms with van der Waals surface area (Å²) < 4.78 is 15.5. The van der Waals surface area contributed by atoms with E-state index < -0.39 is 11.9 Å². The molecule has 5 heteroatoms. The van der Waals surface area contributed by atoms with Gasteiger partial charge in [-0.2, -0.15) is 0 Å². The third kappa shape index (κ3) is 7.13. The van der Waals surface area contributed by atoms with Crippen LogP contribution in [0.25, 0.3) is 0 Å². The minimum Gasteiger partial charge on any atom is -0.462 e. The Morgan fingerprint density at radius 2 is 1.50 bits per heavy atom. The third-order valence-corrected chi connectivity index (χ3v) is 3.76. The van der Waals surface area contributed by atoms with Crippen molar-refractivity contribution in [3.63, 3.8) is 0 Å². The molecule has 1 aromatic rings. The molecule has 0 saturated carbocycles. The van der Waals surface area contributed by atoms with Gasteiger partial charge in [0.05, 0.1) is 24.3 Å². The van der Waals surface area contributed by atoms with Gasteiger partial charge in [-0.15, -0.1) is 0 Å². The van der Waals surface area contributed by atoms with E-state index in [1.807, 2.05) is 6.92 Å². The second-order valence-electron chi connectivity index (χ2n) is 5.85. The first kappa shape index (κ1) is 20.2. The van der Waals surface area contributed by atoms with Gasteiger partial charge < -0.3 is 14.2 Å². The topological polar surface area (TPSA) is 61.8 Å². The van der Waals surface area contributed by atoms with Crippen LogP contribution in [0.2, 0.25) is 0 Å². The quantitative estimate of drug-likeness (QED) is 0.453. The van der Waals surface area contributed by atoms with E-state index in [-0.39, 0.29) is 11.1 Å². The van der Waals surface area contributed by atoms with Crippen molar-refractivity contribution in [3.8, 4) is 0 Å². The van der Waals surface area contributed by atoms with Gasteiger partial charge in [0, 0.05) is 13.7 Å². The fraction of sp³-hybridized carbons (Fsp3) is 0.579. The summed E-state index contributed by atoms with van der Waals surface area (Å²) >= 11 is 0. The van der Waals surface area contributed by atoms with Crippen molar-refractivity contribution in [1.29, 1.82) is 0 Å². The van der Waals surface area contributed by atoms with Crippen LogP contribution in [0.15, 0.2) is 24.3 Å². The molecule has 0 heterocycles. The maximum Gasteiger partial charge on any atom is 0.339 e. The molecule has 0 bridgehead atoms. The van der Waals surface area contributed by atoms with E-state index >= 15 is 0 Å². The Morgan fingerprint density at radius 1 is 0.958 bits per heavy atom. The van der Waals surface area contributed by atoms with Gasteiger partial charge in [-0.05, 0) is 37.3 Å². The van der Waals surface area contributed by atoms with Gasteiger partial charge in [0.15, 0.2) is 0 Å². The molecule has 134 valence electrons. The van der Waals surface area contributed by atoms with Crippen LogP contribution >= 0.6 is 0 Å². The smallest absolute Gasteiger partial charge is 0.339 e. The minimum absolute atomic E-state index is 0.253. The minimum atomic E-state index is -0.489. The van der Waals surface area contributed by atoms with Gasteiger partial charge in [-0.1, -0.05) is 32.4 Å². The number of esters is 2. The first-order valence-electron chi connectivity index (χ1n) is 8.52. The molecule has 0 N–H and O–H groups in total. The van der Waals surface area contributed by atoms with Gasteiger partial charge in [-0.3, -0.25) is 0 Å². The van der Waals surface area contributed by atoms with Crippen LogP contribution < -0.4 is 0 Å². The summed E-state index contributed by atoms with van der Waals surface area (Å²) in [5, 5.41) is 0. The molecule has 0 fully saturated rings. The predicted octanol–water partition coefficient (Wildman–Crippen LogP) is 3.86. The van der Waals surface area contributed by atoms with E-state index in [0.29, 0.717) is 25.7 Å². The predicted molar refractivity (Wildman–Crippen MR) is 92.2 cm³/mol. The monoisotopic (exact) mass is 336 g/mol. The van der Waals surface area contributed by atoms with Crippen LogP contribution in [-0.4, -0.2) is 38.9 Å². The highest BCUT2D eigenvalue weighted by atomic mass is 16.5. The molecule has 0 aliphatic heterocycles. The number of hydrogen-bond donors (Lipinski definition) is 0. The maximum atomic E-state index is 12.2. The number of methoxy groups -OCH3 is 1. The van der Waals surface area contributed by atoms with Gasteiger partial charge in [0.25, 0.3) is 0 Å². The van der Waals surface area contributed by atoms with E-state index in [1.165, 1.54) is 0 Å². The fourth-order valence-electron chi connectivity index (χ4n) is 2.12. The second kappa shape index (κ2) is 11.6. The van der Waals surface area contributed by atoms with Crippen LogP contribution in [0, 0.1) is 5.92 Å². The lowest BCUT2D eigenvalue weighted by Gasteiger charge is -2.12. The molecule has 0 spiro atoms. The van der Waals surface area contributed by atoms with Crippen LogP contribution in [0.5, 0.6) is 0 Å². The zero-order valence-electron chi connectivity index (χ0n) is 14.9. The zero-order valence-corrected chi connectivity index (χ0v) is 14.9. The molecule has 0 aliphatic carbocycles. The summed E-state index contributed by atoms with van der Waals surface area (Å²) in [4.78, 5) is 24.3. The van der Waals surface area contributed by atoms with Crippen LogP contribution in [0.1, 0.15) is 60.2 Å². The Morgan fingerprint density at radius 3 is 2.04 bits per heavy atom. The highest BCUT2D eigenvalue weighted by Gasteiger charge is 2.19. The summed E-state index contributed by atoms with van der Waals surface area (Å²) in [5.41, 5.74) is 0.509. The van der Waals surface area contributed by atoms with Gasteiger partial charge in [-0.25, -0.2) is 9.59 Å². The molecule has 0 radical (unpaired) electrons. The molecule has 1 rings (SSSR count). The zero-order chi connectivity index (χ0) is 17.8. The van der Waals surface area contributed by atoms with Crippen molar-refractivity contribution >= 4 is 11.9 Å². The summed E-state index contributed by atoms with van der Waals surface area (Å²) in [6.45, 7) is 5.49. The lowest BCUT2D eigenvalue weighted by molar-refractivity contribution is 0.0441. The summed E-state index contributed by atoms with van der Waals surface area (Å²) in [5.74, 6) is -0.562. The Kier molecular flexibility index (Phi) is 9.77. The first-order chi connectivity index (χ1) is 11.6. The molecule has 0 aliphatic rings. The van der Waals surface area contributed by atoms with Gasteiger partial charge in [0.2, 0.25) is 0 Å². The van der Waals surface area contributed by atoms with E-state index in [4.69, 9.17) is 14.2 Å². The Balaban J connectivity index is 2.56. The lowest BCUT2D eigenvalue weighted by Crippen LogP contribution is -2.15. The molecule has 1 atom stereocenters. The average Bonchev–Trinajstić information content (AvgIpc) is 2.60. The van der Waals surface area contributed by atoms with Crippen molar-refractivity contribution < 1.29 is 23.8 Å². The summed E-state index contributed by atoms with van der Waals surface area (Å²) in [6.07, 6.45) is 3.43. The van der Waals surface area contributed by atoms with Gasteiger partial charge >= 0.3 is 11.9 Å². The van der Waals surface area contributed by atoms with Crippen LogP contribution in [-0.2, 0) is 14.2 Å². The number of ether oxygens (including phenoxy) is 3. The van der Waals surface area contributed by atoms with Crippen LogP contribution in [0.3, 0.4) is 0 Å². The number of rotatable bonds is 11. The van der Waals surface area contributed by atoms with E-state index in [1.54, 1.807) is 31.4 Å². The molecule has 0 saturated heterocycles. The molecule has 24 heavy (non-hydrogen) atoms. The normalized spacial score (nSPS) is 11.8. The van der Waals surface area contributed by atoms with E-state index in [2.05, 4.69) is 6.92 Å². The third-order valence-electron chi connectivity index (χ3n) is 3.76. The van der Waals surface area contributed by atoms with Crippen molar-refractivity contribution in [2.45, 2.75) is 39.5 Å². The van der Waals surface area contributed by atoms with Gasteiger partial charge in [0.1, 0.15) is 0 Å². The number of carbonyl (C=O) groups excluding carboxylic acids is 2. The molecule has 1 unspecified atom stereocenters. The molecule has 0 amide bonds. The highest BCUT2D eigenvalue weighted by molar-refractivity contribution is 6.03. The summed E-state index contributed by atoms with van der Waals surface area (Å²) in [6, 6.07) is 6.60. The number of hydrogen-bond acceptors (Lipinski definition) is 5. The summed E-state index contributed by atoms with van der Waals surface area (Å²) in [7, 11) is 1.67. The number of unbranched alkanes of at least 4 members (excludes halogenated alkanes) is 1. The van der Waals surface area contributed by atoms with Crippen molar-refractivity contribution in [2.75, 3.05) is 26.9 Å². The first-order valence-corrected chi connectivity index (χ1v) is 8.52. The van der Waals surface area contributed by atoms with E-state index in [9.17, 15) is 9.59 Å². The molecule has 5 nitrogen and oxygen atoms in total. The van der Waals surface area contributed by atoms with Crippen molar-refractivity contribution in [3.05, 3.63) is 35.4 Å². The fourth-order valence-corrected chi connectivity index (χ4v) is 2.12. The van der Waals surface area contributed by atoms with E-state index in [0.717, 1.165) is 25.7 Å². The molecular formula is C19H28O5. The largest absolute Gasteiger partial charge is 0.462 e. The molecular weight excluding hydrogens is 308 g/mol. The number of benzene rings is 1. The lowest BCUT2D eigenvalue weighted by atomic mass is 10.1. The Hall–Kier alpha value is -1.88. The molecule has 1 aromatic carbocycles. The highest BCUT2D eigenvalue weighted by Crippen LogP contribution is 2.14. The maximum absolute atomic E-state index is 12.2. The van der Waals surface area contributed by atoms with Crippen molar-refractivity contribution in [2.24, 2.45) is 5.92 Å².